The number of rotatable bonds is 9. The predicted molar refractivity (Wildman–Crippen MR) is 109 cm³/mol. The van der Waals surface area contributed by atoms with Crippen LogP contribution in [0.3, 0.4) is 0 Å². The molecule has 2 N–H and O–H groups in total. The van der Waals surface area contributed by atoms with E-state index in [1.54, 1.807) is 0 Å². The Bertz CT molecular complexity index is 698. The molecule has 6 nitrogen and oxygen atoms in total. The first-order valence-electron chi connectivity index (χ1n) is 9.04. The van der Waals surface area contributed by atoms with Crippen molar-refractivity contribution in [3.05, 3.63) is 29.8 Å². The van der Waals surface area contributed by atoms with Crippen LogP contribution in [0.5, 0.6) is 0 Å². The van der Waals surface area contributed by atoms with Crippen molar-refractivity contribution in [1.29, 1.82) is 0 Å². The van der Waals surface area contributed by atoms with E-state index < -0.39 is 0 Å². The number of benzene rings is 1. The van der Waals surface area contributed by atoms with Crippen molar-refractivity contribution in [1.82, 2.24) is 15.1 Å². The van der Waals surface area contributed by atoms with Crippen molar-refractivity contribution >= 4 is 39.8 Å². The highest BCUT2D eigenvalue weighted by molar-refractivity contribution is 8.01. The van der Waals surface area contributed by atoms with Gasteiger partial charge in [-0.2, -0.15) is 0 Å². The zero-order chi connectivity index (χ0) is 18.2. The lowest BCUT2D eigenvalue weighted by Crippen LogP contribution is -2.18. The molecule has 140 valence electrons. The number of carbonyl (C=O) groups is 1. The monoisotopic (exact) mass is 391 g/mol. The molecule has 2 heterocycles. The summed E-state index contributed by atoms with van der Waals surface area (Å²) in [5.41, 5.74) is 2.13. The number of hydrogen-bond donors (Lipinski definition) is 2. The molecule has 0 radical (unpaired) electrons. The molecule has 0 unspecified atom stereocenters. The minimum absolute atomic E-state index is 0.0273. The van der Waals surface area contributed by atoms with E-state index in [9.17, 15) is 4.79 Å². The third kappa shape index (κ3) is 5.96. The fourth-order valence-electron chi connectivity index (χ4n) is 2.79. The van der Waals surface area contributed by atoms with Crippen molar-refractivity contribution < 1.29 is 4.79 Å². The Morgan fingerprint density at radius 3 is 2.73 bits per heavy atom. The average Bonchev–Trinajstić information content (AvgIpc) is 3.32. The summed E-state index contributed by atoms with van der Waals surface area (Å²) in [6, 6.07) is 8.15. The number of anilines is 2. The molecular weight excluding hydrogens is 366 g/mol. The third-order valence-electron chi connectivity index (χ3n) is 4.10. The highest BCUT2D eigenvalue weighted by atomic mass is 32.2. The molecular formula is C18H25N5OS2. The third-order valence-corrected chi connectivity index (χ3v) is 6.12. The van der Waals surface area contributed by atoms with Gasteiger partial charge in [-0.3, -0.25) is 9.69 Å². The molecule has 26 heavy (non-hydrogen) atoms. The summed E-state index contributed by atoms with van der Waals surface area (Å²) in [5.74, 6) is 0.304. The Morgan fingerprint density at radius 1 is 1.23 bits per heavy atom. The van der Waals surface area contributed by atoms with Gasteiger partial charge in [-0.15, -0.1) is 10.2 Å². The summed E-state index contributed by atoms with van der Waals surface area (Å²) >= 11 is 2.90. The molecule has 0 atom stereocenters. The van der Waals surface area contributed by atoms with E-state index in [1.807, 2.05) is 12.1 Å². The predicted octanol–water partition coefficient (Wildman–Crippen LogP) is 3.69. The molecule has 0 saturated carbocycles. The van der Waals surface area contributed by atoms with Gasteiger partial charge in [-0.1, -0.05) is 42.2 Å². The quantitative estimate of drug-likeness (QED) is 0.636. The van der Waals surface area contributed by atoms with Crippen molar-refractivity contribution in [3.63, 3.8) is 0 Å². The van der Waals surface area contributed by atoms with Gasteiger partial charge in [0, 0.05) is 18.8 Å². The Labute approximate surface area is 162 Å². The number of thioether (sulfide) groups is 1. The Morgan fingerprint density at radius 2 is 2.00 bits per heavy atom. The maximum Gasteiger partial charge on any atom is 0.234 e. The van der Waals surface area contributed by atoms with Gasteiger partial charge in [0.15, 0.2) is 4.34 Å². The van der Waals surface area contributed by atoms with Gasteiger partial charge in [0.1, 0.15) is 0 Å². The maximum atomic E-state index is 12.1. The van der Waals surface area contributed by atoms with Crippen LogP contribution < -0.4 is 10.6 Å². The smallest absolute Gasteiger partial charge is 0.234 e. The highest BCUT2D eigenvalue weighted by Crippen LogP contribution is 2.25. The second kappa shape index (κ2) is 9.89. The molecule has 1 amide bonds. The maximum absolute atomic E-state index is 12.1. The molecule has 0 aliphatic carbocycles. The lowest BCUT2D eigenvalue weighted by molar-refractivity contribution is -0.113. The van der Waals surface area contributed by atoms with Crippen molar-refractivity contribution in [2.45, 2.75) is 37.1 Å². The van der Waals surface area contributed by atoms with E-state index in [0.717, 1.165) is 34.7 Å². The Hall–Kier alpha value is -1.64. The lowest BCUT2D eigenvalue weighted by atomic mass is 10.2. The molecule has 2 aromatic rings. The fraction of sp³-hybridized carbons (Fsp3) is 0.500. The van der Waals surface area contributed by atoms with Crippen LogP contribution in [0.1, 0.15) is 31.7 Å². The van der Waals surface area contributed by atoms with Gasteiger partial charge in [-0.25, -0.2) is 0 Å². The average molecular weight is 392 g/mol. The van der Waals surface area contributed by atoms with E-state index in [1.165, 1.54) is 54.6 Å². The fourth-order valence-corrected chi connectivity index (χ4v) is 4.37. The van der Waals surface area contributed by atoms with Crippen molar-refractivity contribution in [2.24, 2.45) is 0 Å². The SMILES string of the molecule is CCCNc1nnc(SCC(=O)Nc2ccc(CN3CCCC3)cc2)s1. The number of carbonyl (C=O) groups excluding carboxylic acids is 1. The van der Waals surface area contributed by atoms with Crippen LogP contribution in [0.25, 0.3) is 0 Å². The van der Waals surface area contributed by atoms with E-state index in [2.05, 4.69) is 44.8 Å². The van der Waals surface area contributed by atoms with Crippen LogP contribution in [0, 0.1) is 0 Å². The molecule has 1 aliphatic rings. The van der Waals surface area contributed by atoms with Crippen LogP contribution in [-0.4, -0.2) is 46.4 Å². The van der Waals surface area contributed by atoms with Crippen LogP contribution in [0.2, 0.25) is 0 Å². The second-order valence-electron chi connectivity index (χ2n) is 6.32. The number of hydrogen-bond acceptors (Lipinski definition) is 7. The molecule has 0 spiro atoms. The zero-order valence-corrected chi connectivity index (χ0v) is 16.7. The van der Waals surface area contributed by atoms with Crippen LogP contribution in [0.4, 0.5) is 10.8 Å². The van der Waals surface area contributed by atoms with Gasteiger partial charge >= 0.3 is 0 Å². The molecule has 1 aromatic carbocycles. The first kappa shape index (κ1) is 19.1. The Kier molecular flexibility index (Phi) is 7.28. The molecule has 1 saturated heterocycles. The number of nitrogens with zero attached hydrogens (tertiary/aromatic N) is 3. The lowest BCUT2D eigenvalue weighted by Gasteiger charge is -2.14. The number of amides is 1. The molecule has 1 aromatic heterocycles. The minimum Gasteiger partial charge on any atom is -0.360 e. The van der Waals surface area contributed by atoms with Crippen molar-refractivity contribution in [2.75, 3.05) is 36.0 Å². The molecule has 8 heteroatoms. The summed E-state index contributed by atoms with van der Waals surface area (Å²) in [6.07, 6.45) is 3.65. The number of nitrogens with one attached hydrogen (secondary N) is 2. The summed E-state index contributed by atoms with van der Waals surface area (Å²) in [4.78, 5) is 14.6. The van der Waals surface area contributed by atoms with E-state index in [0.29, 0.717) is 5.75 Å². The van der Waals surface area contributed by atoms with Gasteiger partial charge in [0.25, 0.3) is 0 Å². The first-order chi connectivity index (χ1) is 12.7. The van der Waals surface area contributed by atoms with Gasteiger partial charge < -0.3 is 10.6 Å². The van der Waals surface area contributed by atoms with Crippen LogP contribution in [-0.2, 0) is 11.3 Å². The Balaban J connectivity index is 1.41. The first-order valence-corrected chi connectivity index (χ1v) is 10.8. The molecule has 3 rings (SSSR count). The summed E-state index contributed by atoms with van der Waals surface area (Å²) in [5, 5.41) is 15.1. The summed E-state index contributed by atoms with van der Waals surface area (Å²) in [6.45, 7) is 6.37. The highest BCUT2D eigenvalue weighted by Gasteiger charge is 2.12. The standard InChI is InChI=1S/C18H25N5OS2/c1-2-9-19-17-21-22-18(26-17)25-13-16(24)20-15-7-5-14(6-8-15)12-23-10-3-4-11-23/h5-8H,2-4,9-13H2,1H3,(H,19,21)(H,20,24). The number of aromatic nitrogens is 2. The second-order valence-corrected chi connectivity index (χ2v) is 8.52. The van der Waals surface area contributed by atoms with Crippen LogP contribution in [0.15, 0.2) is 28.6 Å². The number of likely N-dealkylation sites (tertiary alicyclic amines) is 1. The van der Waals surface area contributed by atoms with Gasteiger partial charge in [-0.05, 0) is 50.0 Å². The minimum atomic E-state index is -0.0273. The topological polar surface area (TPSA) is 70.1 Å². The van der Waals surface area contributed by atoms with E-state index >= 15 is 0 Å². The van der Waals surface area contributed by atoms with Crippen molar-refractivity contribution in [3.8, 4) is 0 Å². The molecule has 0 bridgehead atoms. The van der Waals surface area contributed by atoms with Gasteiger partial charge in [0.2, 0.25) is 11.0 Å². The van der Waals surface area contributed by atoms with Crippen LogP contribution >= 0.6 is 23.1 Å². The largest absolute Gasteiger partial charge is 0.360 e. The van der Waals surface area contributed by atoms with Gasteiger partial charge in [0.05, 0.1) is 5.75 Å². The molecule has 1 fully saturated rings. The van der Waals surface area contributed by atoms with E-state index in [4.69, 9.17) is 0 Å². The normalized spacial score (nSPS) is 14.5. The van der Waals surface area contributed by atoms with E-state index in [-0.39, 0.29) is 5.91 Å². The zero-order valence-electron chi connectivity index (χ0n) is 15.0. The molecule has 1 aliphatic heterocycles. The summed E-state index contributed by atoms with van der Waals surface area (Å²) < 4.78 is 0.805. The summed E-state index contributed by atoms with van der Waals surface area (Å²) in [7, 11) is 0.